The van der Waals surface area contributed by atoms with Gasteiger partial charge in [0.15, 0.2) is 0 Å². The number of hydrogen-bond acceptors (Lipinski definition) is 3. The summed E-state index contributed by atoms with van der Waals surface area (Å²) < 4.78 is 28.3. The number of urea groups is 1. The minimum Gasteiger partial charge on any atom is -0.324 e. The number of nitrogens with one attached hydrogen (secondary N) is 1. The van der Waals surface area contributed by atoms with Crippen LogP contribution in [0.3, 0.4) is 0 Å². The number of benzene rings is 2. The van der Waals surface area contributed by atoms with Gasteiger partial charge in [-0.3, -0.25) is 9.36 Å². The van der Waals surface area contributed by atoms with Gasteiger partial charge in [0.2, 0.25) is 0 Å². The Morgan fingerprint density at radius 1 is 1.14 bits per heavy atom. The molecule has 0 bridgehead atoms. The maximum absolute atomic E-state index is 13.7. The monoisotopic (exact) mass is 418 g/mol. The van der Waals surface area contributed by atoms with E-state index in [-0.39, 0.29) is 17.3 Å². The third kappa shape index (κ3) is 3.93. The molecule has 1 saturated heterocycles. The summed E-state index contributed by atoms with van der Waals surface area (Å²) in [6.07, 6.45) is 2.62. The van der Waals surface area contributed by atoms with E-state index in [1.807, 2.05) is 0 Å². The summed E-state index contributed by atoms with van der Waals surface area (Å²) in [6.45, 7) is 0.787. The van der Waals surface area contributed by atoms with E-state index in [1.54, 1.807) is 27.7 Å². The zero-order valence-corrected chi connectivity index (χ0v) is 16.0. The third-order valence-corrected chi connectivity index (χ3v) is 5.30. The molecule has 2 amide bonds. The van der Waals surface area contributed by atoms with Gasteiger partial charge in [-0.25, -0.2) is 18.6 Å². The molecule has 0 spiro atoms. The Balaban J connectivity index is 1.45. The Morgan fingerprint density at radius 2 is 1.90 bits per heavy atom. The first-order chi connectivity index (χ1) is 13.9. The lowest BCUT2D eigenvalue weighted by Crippen LogP contribution is -2.43. The van der Waals surface area contributed by atoms with Gasteiger partial charge in [0.1, 0.15) is 11.6 Å². The van der Waals surface area contributed by atoms with Crippen LogP contribution in [0.1, 0.15) is 18.9 Å². The Kier molecular flexibility index (Phi) is 5.19. The number of amides is 2. The average Bonchev–Trinajstić information content (AvgIpc) is 2.70. The highest BCUT2D eigenvalue weighted by Gasteiger charge is 2.25. The van der Waals surface area contributed by atoms with Crippen molar-refractivity contribution in [3.05, 3.63) is 69.7 Å². The summed E-state index contributed by atoms with van der Waals surface area (Å²) in [5, 5.41) is 3.46. The van der Waals surface area contributed by atoms with Crippen LogP contribution in [0.15, 0.2) is 47.5 Å². The second kappa shape index (κ2) is 7.79. The summed E-state index contributed by atoms with van der Waals surface area (Å²) in [5.74, 6) is -1.54. The first-order valence-corrected chi connectivity index (χ1v) is 9.47. The molecule has 2 heterocycles. The molecule has 1 N–H and O–H groups in total. The van der Waals surface area contributed by atoms with Crippen LogP contribution in [0.2, 0.25) is 5.02 Å². The van der Waals surface area contributed by atoms with Crippen LogP contribution >= 0.6 is 11.6 Å². The van der Waals surface area contributed by atoms with Crippen molar-refractivity contribution in [1.82, 2.24) is 14.5 Å². The SMILES string of the molecule is O=C(Nc1ccc(F)cc1F)N1CCC(n2cnc3cc(Cl)ccc3c2=O)CC1. The van der Waals surface area contributed by atoms with E-state index in [1.165, 1.54) is 12.4 Å². The topological polar surface area (TPSA) is 67.2 Å². The van der Waals surface area contributed by atoms with Crippen molar-refractivity contribution in [2.24, 2.45) is 0 Å². The largest absolute Gasteiger partial charge is 0.324 e. The zero-order chi connectivity index (χ0) is 20.5. The van der Waals surface area contributed by atoms with Crippen LogP contribution in [-0.4, -0.2) is 33.6 Å². The van der Waals surface area contributed by atoms with Gasteiger partial charge in [-0.05, 0) is 43.2 Å². The molecule has 6 nitrogen and oxygen atoms in total. The molecular weight excluding hydrogens is 402 g/mol. The maximum atomic E-state index is 13.7. The number of carbonyl (C=O) groups excluding carboxylic acids is 1. The quantitative estimate of drug-likeness (QED) is 0.678. The fraction of sp³-hybridized carbons (Fsp3) is 0.250. The molecule has 1 aromatic heterocycles. The van der Waals surface area contributed by atoms with Gasteiger partial charge in [0, 0.05) is 30.2 Å². The second-order valence-corrected chi connectivity index (χ2v) is 7.33. The number of fused-ring (bicyclic) bond motifs is 1. The molecule has 0 radical (unpaired) electrons. The number of likely N-dealkylation sites (tertiary alicyclic amines) is 1. The number of rotatable bonds is 2. The van der Waals surface area contributed by atoms with Crippen LogP contribution in [-0.2, 0) is 0 Å². The lowest BCUT2D eigenvalue weighted by atomic mass is 10.0. The van der Waals surface area contributed by atoms with Gasteiger partial charge in [-0.2, -0.15) is 0 Å². The van der Waals surface area contributed by atoms with Crippen LogP contribution in [0.4, 0.5) is 19.3 Å². The molecule has 0 saturated carbocycles. The average molecular weight is 419 g/mol. The summed E-state index contributed by atoms with van der Waals surface area (Å²) >= 11 is 5.95. The Hall–Kier alpha value is -3.00. The molecule has 2 aromatic carbocycles. The van der Waals surface area contributed by atoms with E-state index in [2.05, 4.69) is 10.3 Å². The fourth-order valence-electron chi connectivity index (χ4n) is 3.50. The van der Waals surface area contributed by atoms with Crippen molar-refractivity contribution in [1.29, 1.82) is 0 Å². The van der Waals surface area contributed by atoms with Crippen molar-refractivity contribution < 1.29 is 13.6 Å². The predicted molar refractivity (Wildman–Crippen MR) is 106 cm³/mol. The number of carbonyl (C=O) groups is 1. The van der Waals surface area contributed by atoms with E-state index in [0.29, 0.717) is 47.9 Å². The Bertz CT molecular complexity index is 1140. The lowest BCUT2D eigenvalue weighted by Gasteiger charge is -2.32. The minimum absolute atomic E-state index is 0.0767. The van der Waals surface area contributed by atoms with Gasteiger partial charge in [-0.1, -0.05) is 11.6 Å². The Morgan fingerprint density at radius 3 is 2.62 bits per heavy atom. The first kappa shape index (κ1) is 19.3. The molecular formula is C20H17ClF2N4O2. The molecule has 0 unspecified atom stereocenters. The van der Waals surface area contributed by atoms with E-state index in [9.17, 15) is 18.4 Å². The normalized spacial score (nSPS) is 14.9. The standard InChI is InChI=1S/C20H17ClF2N4O2/c21-12-1-3-15-18(9-12)24-11-27(19(15)28)14-5-7-26(8-6-14)20(29)25-17-4-2-13(22)10-16(17)23/h1-4,9-11,14H,5-8H2,(H,25,29). The summed E-state index contributed by atoms with van der Waals surface area (Å²) in [5.41, 5.74) is 0.312. The first-order valence-electron chi connectivity index (χ1n) is 9.10. The number of aromatic nitrogens is 2. The molecule has 1 aliphatic rings. The van der Waals surface area contributed by atoms with E-state index in [0.717, 1.165) is 6.07 Å². The molecule has 150 valence electrons. The van der Waals surface area contributed by atoms with Gasteiger partial charge in [0.25, 0.3) is 5.56 Å². The molecule has 0 aliphatic carbocycles. The molecule has 0 atom stereocenters. The molecule has 29 heavy (non-hydrogen) atoms. The van der Waals surface area contributed by atoms with Gasteiger partial charge >= 0.3 is 6.03 Å². The summed E-state index contributed by atoms with van der Waals surface area (Å²) in [4.78, 5) is 31.0. The number of hydrogen-bond donors (Lipinski definition) is 1. The van der Waals surface area contributed by atoms with Crippen LogP contribution < -0.4 is 10.9 Å². The highest BCUT2D eigenvalue weighted by molar-refractivity contribution is 6.31. The number of halogens is 3. The van der Waals surface area contributed by atoms with Crippen molar-refractivity contribution in [2.45, 2.75) is 18.9 Å². The van der Waals surface area contributed by atoms with E-state index >= 15 is 0 Å². The second-order valence-electron chi connectivity index (χ2n) is 6.89. The zero-order valence-electron chi connectivity index (χ0n) is 15.2. The van der Waals surface area contributed by atoms with Crippen LogP contribution in [0.25, 0.3) is 10.9 Å². The van der Waals surface area contributed by atoms with Crippen molar-refractivity contribution in [2.75, 3.05) is 18.4 Å². The van der Waals surface area contributed by atoms with Gasteiger partial charge < -0.3 is 10.2 Å². The molecule has 1 fully saturated rings. The van der Waals surface area contributed by atoms with Crippen molar-refractivity contribution in [3.8, 4) is 0 Å². The Labute approximate surface area is 169 Å². The predicted octanol–water partition coefficient (Wildman–Crippen LogP) is 4.20. The summed E-state index contributed by atoms with van der Waals surface area (Å²) in [6, 6.07) is 7.37. The summed E-state index contributed by atoms with van der Waals surface area (Å²) in [7, 11) is 0. The third-order valence-electron chi connectivity index (χ3n) is 5.06. The molecule has 3 aromatic rings. The van der Waals surface area contributed by atoms with E-state index < -0.39 is 17.7 Å². The van der Waals surface area contributed by atoms with Crippen LogP contribution in [0.5, 0.6) is 0 Å². The minimum atomic E-state index is -0.831. The van der Waals surface area contributed by atoms with Crippen molar-refractivity contribution >= 4 is 34.2 Å². The smallest absolute Gasteiger partial charge is 0.321 e. The fourth-order valence-corrected chi connectivity index (χ4v) is 3.67. The molecule has 4 rings (SSSR count). The lowest BCUT2D eigenvalue weighted by molar-refractivity contribution is 0.182. The molecule has 9 heteroatoms. The highest BCUT2D eigenvalue weighted by Crippen LogP contribution is 2.23. The van der Waals surface area contributed by atoms with Gasteiger partial charge in [-0.15, -0.1) is 0 Å². The molecule has 1 aliphatic heterocycles. The highest BCUT2D eigenvalue weighted by atomic mass is 35.5. The number of nitrogens with zero attached hydrogens (tertiary/aromatic N) is 3. The van der Waals surface area contributed by atoms with Crippen LogP contribution in [0, 0.1) is 11.6 Å². The van der Waals surface area contributed by atoms with E-state index in [4.69, 9.17) is 11.6 Å². The van der Waals surface area contributed by atoms with Gasteiger partial charge in [0.05, 0.1) is 22.9 Å². The number of piperidine rings is 1. The number of anilines is 1. The van der Waals surface area contributed by atoms with Crippen molar-refractivity contribution in [3.63, 3.8) is 0 Å². The maximum Gasteiger partial charge on any atom is 0.321 e.